The molecule has 0 aromatic rings. The Kier molecular flexibility index (Phi) is 14.8. The van der Waals surface area contributed by atoms with Gasteiger partial charge < -0.3 is 58.5 Å². The van der Waals surface area contributed by atoms with Gasteiger partial charge in [0.05, 0.1) is 67.1 Å². The third-order valence-electron chi connectivity index (χ3n) is 14.8. The van der Waals surface area contributed by atoms with Crippen LogP contribution >= 0.6 is 0 Å². The number of hydrogen-bond donors (Lipinski definition) is 4. The zero-order valence-corrected chi connectivity index (χ0v) is 37.3. The summed E-state index contributed by atoms with van der Waals surface area (Å²) in [6.07, 6.45) is -4.17. The van der Waals surface area contributed by atoms with Crippen molar-refractivity contribution in [2.75, 3.05) is 13.7 Å². The van der Waals surface area contributed by atoms with E-state index in [9.17, 15) is 29.7 Å². The number of ether oxygens (including phenoxy) is 8. The highest BCUT2D eigenvalue weighted by Gasteiger charge is 2.57. The topological polar surface area (TPSA) is 198 Å². The van der Waals surface area contributed by atoms with E-state index in [-0.39, 0.29) is 86.0 Å². The van der Waals surface area contributed by atoms with Gasteiger partial charge in [0.1, 0.15) is 47.7 Å². The summed E-state index contributed by atoms with van der Waals surface area (Å²) >= 11 is 0. The second-order valence-corrected chi connectivity index (χ2v) is 20.8. The van der Waals surface area contributed by atoms with Crippen LogP contribution in [0.2, 0.25) is 0 Å². The van der Waals surface area contributed by atoms with Crippen LogP contribution in [-0.4, -0.2) is 150 Å². The fourth-order valence-electron chi connectivity index (χ4n) is 11.1. The maximum Gasteiger partial charge on any atom is 0.407 e. The van der Waals surface area contributed by atoms with Crippen LogP contribution in [0.5, 0.6) is 0 Å². The van der Waals surface area contributed by atoms with Crippen LogP contribution in [0.15, 0.2) is 12.2 Å². The SMILES string of the molecule is C=C1CC2CCC(=O)CC3OC4C(O)[C@H]5OC(CCC5O[C@H]4C3O)CC(=O)CC3[C@H](CC4OC(CCC1O2)CC(C)C4(C)C)O[C@H](CC(O)CNC(=O)OC(C)(C)C)[C@@H]3OC. The summed E-state index contributed by atoms with van der Waals surface area (Å²) in [6, 6.07) is 0. The van der Waals surface area contributed by atoms with Crippen molar-refractivity contribution >= 4 is 17.7 Å². The van der Waals surface area contributed by atoms with E-state index in [1.54, 1.807) is 27.9 Å². The van der Waals surface area contributed by atoms with Crippen LogP contribution in [0.1, 0.15) is 125 Å². The number of aliphatic hydroxyl groups excluding tert-OH is 3. The normalized spacial score (nSPS) is 44.0. The van der Waals surface area contributed by atoms with Crippen LogP contribution in [0.25, 0.3) is 0 Å². The van der Waals surface area contributed by atoms with Gasteiger partial charge in [-0.2, -0.15) is 0 Å². The fourth-order valence-corrected chi connectivity index (χ4v) is 11.1. The van der Waals surface area contributed by atoms with E-state index in [0.29, 0.717) is 38.0 Å². The third-order valence-corrected chi connectivity index (χ3v) is 14.8. The molecule has 0 aromatic carbocycles. The Morgan fingerprint density at radius 3 is 2.26 bits per heavy atom. The molecule has 0 aliphatic carbocycles. The number of hydrogen-bond acceptors (Lipinski definition) is 14. The van der Waals surface area contributed by atoms with Gasteiger partial charge >= 0.3 is 6.09 Å². The highest BCUT2D eigenvalue weighted by Crippen LogP contribution is 2.47. The highest BCUT2D eigenvalue weighted by molar-refractivity contribution is 5.79. The molecule has 4 N–H and O–H groups in total. The predicted molar refractivity (Wildman–Crippen MR) is 221 cm³/mol. The van der Waals surface area contributed by atoms with E-state index in [2.05, 4.69) is 32.7 Å². The van der Waals surface area contributed by atoms with E-state index in [1.165, 1.54) is 0 Å². The summed E-state index contributed by atoms with van der Waals surface area (Å²) in [5, 5.41) is 36.6. The van der Waals surface area contributed by atoms with E-state index in [0.717, 1.165) is 24.8 Å². The molecule has 0 saturated carbocycles. The molecule has 7 aliphatic rings. The molecule has 0 spiro atoms. The first kappa shape index (κ1) is 46.9. The molecule has 7 aliphatic heterocycles. The maximum atomic E-state index is 14.2. The number of aliphatic hydroxyl groups is 3. The molecule has 15 nitrogen and oxygen atoms in total. The van der Waals surface area contributed by atoms with Gasteiger partial charge in [0, 0.05) is 58.1 Å². The first-order chi connectivity index (χ1) is 28.8. The molecule has 8 bridgehead atoms. The van der Waals surface area contributed by atoms with Gasteiger partial charge in [-0.15, -0.1) is 0 Å². The van der Waals surface area contributed by atoms with Crippen molar-refractivity contribution < 1.29 is 67.6 Å². The summed E-state index contributed by atoms with van der Waals surface area (Å²) in [4.78, 5) is 39.8. The summed E-state index contributed by atoms with van der Waals surface area (Å²) < 4.78 is 50.6. The molecule has 7 rings (SSSR count). The Bertz CT molecular complexity index is 1570. The number of amides is 1. The van der Waals surface area contributed by atoms with E-state index in [1.807, 2.05) is 0 Å². The number of fused-ring (bicyclic) bond motifs is 7. The molecule has 13 unspecified atom stereocenters. The zero-order valence-electron chi connectivity index (χ0n) is 37.3. The summed E-state index contributed by atoms with van der Waals surface area (Å²) in [5.41, 5.74) is 0.116. The lowest BCUT2D eigenvalue weighted by Crippen LogP contribution is -2.61. The summed E-state index contributed by atoms with van der Waals surface area (Å²) in [6.45, 7) is 16.3. The van der Waals surface area contributed by atoms with Crippen molar-refractivity contribution in [2.24, 2.45) is 17.3 Å². The van der Waals surface area contributed by atoms with Gasteiger partial charge in [0.25, 0.3) is 0 Å². The lowest BCUT2D eigenvalue weighted by Gasteiger charge is -2.48. The van der Waals surface area contributed by atoms with Gasteiger partial charge in [0.15, 0.2) is 0 Å². The fraction of sp³-hybridized carbons (Fsp3) is 0.891. The first-order valence-electron chi connectivity index (χ1n) is 23.0. The first-order valence-corrected chi connectivity index (χ1v) is 23.0. The van der Waals surface area contributed by atoms with Gasteiger partial charge in [0.2, 0.25) is 0 Å². The minimum atomic E-state index is -1.12. The molecule has 346 valence electrons. The number of carbonyl (C=O) groups is 3. The van der Waals surface area contributed by atoms with Crippen molar-refractivity contribution in [3.8, 4) is 0 Å². The molecular weight excluding hydrogens is 790 g/mol. The van der Waals surface area contributed by atoms with Crippen LogP contribution in [0.3, 0.4) is 0 Å². The van der Waals surface area contributed by atoms with Crippen LogP contribution in [0, 0.1) is 17.3 Å². The number of methoxy groups -OCH3 is 1. The number of carbonyl (C=O) groups excluding carboxylic acids is 3. The second kappa shape index (κ2) is 19.2. The molecule has 61 heavy (non-hydrogen) atoms. The number of rotatable bonds is 5. The Morgan fingerprint density at radius 1 is 0.820 bits per heavy atom. The Labute approximate surface area is 361 Å². The third kappa shape index (κ3) is 10.9. The monoisotopic (exact) mass is 864 g/mol. The second-order valence-electron chi connectivity index (χ2n) is 20.8. The maximum absolute atomic E-state index is 14.2. The number of Topliss-reactive ketones (excluding diaryl/α,β-unsaturated/α-hetero) is 2. The quantitative estimate of drug-likeness (QED) is 0.286. The summed E-state index contributed by atoms with van der Waals surface area (Å²) in [7, 11) is 1.60. The van der Waals surface area contributed by atoms with Crippen LogP contribution < -0.4 is 5.32 Å². The van der Waals surface area contributed by atoms with E-state index < -0.39 is 84.9 Å². The number of ketones is 2. The lowest BCUT2D eigenvalue weighted by atomic mass is 9.68. The molecule has 15 heteroatoms. The van der Waals surface area contributed by atoms with Gasteiger partial charge in [-0.05, 0) is 82.6 Å². The Morgan fingerprint density at radius 2 is 1.52 bits per heavy atom. The minimum absolute atomic E-state index is 0.000505. The summed E-state index contributed by atoms with van der Waals surface area (Å²) in [5.74, 6) is -0.129. The smallest absolute Gasteiger partial charge is 0.407 e. The standard InChI is InChI=1S/C46H73NO14/c1-23-15-28-10-9-25(48)19-35-38(51)42-43(60-35)39(52)41-33(59-42)14-12-30(57-41)17-26(49)18-31-34(21-37-46(6,7)24(2)16-29(56-37)11-13-32(23)55-28)58-36(40(31)54-8)20-27(50)22-47-44(53)61-45(3,4)5/h24,27-43,50-52H,1,9-22H2,2-8H3,(H,47,53)/t24?,27?,28?,29?,30?,31?,32?,33?,34-,35?,36+,37?,38?,39?,40+,41-,42-,43?/m0/s1. The molecule has 1 amide bonds. The molecule has 7 heterocycles. The van der Waals surface area contributed by atoms with E-state index >= 15 is 0 Å². The highest BCUT2D eigenvalue weighted by atomic mass is 16.6. The number of nitrogens with one attached hydrogen (secondary N) is 1. The average Bonchev–Trinajstić information content (AvgIpc) is 3.81. The predicted octanol–water partition coefficient (Wildman–Crippen LogP) is 4.27. The minimum Gasteiger partial charge on any atom is -0.444 e. The largest absolute Gasteiger partial charge is 0.444 e. The molecule has 0 aromatic heterocycles. The Hall–Kier alpha value is -2.05. The van der Waals surface area contributed by atoms with Gasteiger partial charge in [-0.25, -0.2) is 4.79 Å². The molecule has 0 radical (unpaired) electrons. The van der Waals surface area contributed by atoms with Crippen molar-refractivity contribution in [3.63, 3.8) is 0 Å². The molecule has 7 fully saturated rings. The molecule has 7 saturated heterocycles. The van der Waals surface area contributed by atoms with Crippen LogP contribution in [-0.2, 0) is 47.5 Å². The van der Waals surface area contributed by atoms with Gasteiger partial charge in [-0.3, -0.25) is 9.59 Å². The molecule has 18 atom stereocenters. The average molecular weight is 864 g/mol. The number of alkyl carbamates (subject to hydrolysis) is 1. The Balaban J connectivity index is 1.11. The molecular formula is C46H73NO14. The van der Waals surface area contributed by atoms with Crippen molar-refractivity contribution in [3.05, 3.63) is 12.2 Å². The van der Waals surface area contributed by atoms with Crippen molar-refractivity contribution in [1.82, 2.24) is 5.32 Å². The van der Waals surface area contributed by atoms with Crippen molar-refractivity contribution in [2.45, 2.75) is 228 Å². The van der Waals surface area contributed by atoms with Crippen molar-refractivity contribution in [1.29, 1.82) is 0 Å². The lowest BCUT2D eigenvalue weighted by molar-refractivity contribution is -0.259. The van der Waals surface area contributed by atoms with Gasteiger partial charge in [-0.1, -0.05) is 27.4 Å². The zero-order chi connectivity index (χ0) is 44.0. The van der Waals surface area contributed by atoms with Crippen LogP contribution in [0.4, 0.5) is 4.79 Å². The van der Waals surface area contributed by atoms with E-state index in [4.69, 9.17) is 37.9 Å².